The summed E-state index contributed by atoms with van der Waals surface area (Å²) >= 11 is -2.64. The Morgan fingerprint density at radius 3 is 0.869 bits per heavy atom. The van der Waals surface area contributed by atoms with Crippen molar-refractivity contribution in [1.29, 1.82) is 0 Å². The quantitative estimate of drug-likeness (QED) is 0.0673. The average Bonchev–Trinajstić information content (AvgIpc) is 4.15. The van der Waals surface area contributed by atoms with Crippen LogP contribution in [0.5, 0.6) is 0 Å². The van der Waals surface area contributed by atoms with Gasteiger partial charge in [-0.05, 0) is 167 Å². The van der Waals surface area contributed by atoms with Gasteiger partial charge in [-0.25, -0.2) is 0 Å². The maximum absolute atomic E-state index is 8.45. The molecule has 0 radical (unpaired) electrons. The van der Waals surface area contributed by atoms with Crippen LogP contribution in [0.2, 0.25) is 0 Å². The summed E-state index contributed by atoms with van der Waals surface area (Å²) < 4.78 is 25.4. The molecule has 6 saturated carbocycles. The van der Waals surface area contributed by atoms with Gasteiger partial charge >= 0.3 is 15.1 Å². The Balaban J connectivity index is 1.48. The molecule has 9 unspecified atom stereocenters. The van der Waals surface area contributed by atoms with Crippen LogP contribution in [0.25, 0.3) is 0 Å². The van der Waals surface area contributed by atoms with E-state index in [4.69, 9.17) is 11.4 Å². The Hall–Kier alpha value is 0.412. The zero-order chi connectivity index (χ0) is 43.0. The Morgan fingerprint density at radius 1 is 0.361 bits per heavy atom. The summed E-state index contributed by atoms with van der Waals surface area (Å²) in [7, 11) is 0. The second-order valence-electron chi connectivity index (χ2n) is 23.3. The third kappa shape index (κ3) is 12.3. The minimum absolute atomic E-state index is 0.303. The van der Waals surface area contributed by atoms with Crippen molar-refractivity contribution < 1.29 is 11.4 Å². The van der Waals surface area contributed by atoms with Crippen LogP contribution in [0.15, 0.2) is 0 Å². The summed E-state index contributed by atoms with van der Waals surface area (Å²) in [5, 5.41) is 0. The molecular formula is C57H105AlO3. The van der Waals surface area contributed by atoms with Crippen LogP contribution >= 0.6 is 0 Å². The van der Waals surface area contributed by atoms with E-state index < -0.39 is 15.1 Å². The van der Waals surface area contributed by atoms with Gasteiger partial charge in [0.05, 0.1) is 0 Å². The lowest BCUT2D eigenvalue weighted by molar-refractivity contribution is -0.134. The molecule has 6 fully saturated rings. The third-order valence-electron chi connectivity index (χ3n) is 19.7. The fourth-order valence-corrected chi connectivity index (χ4v) is 19.0. The van der Waals surface area contributed by atoms with Gasteiger partial charge in [-0.15, -0.1) is 0 Å². The Morgan fingerprint density at radius 2 is 0.623 bits per heavy atom. The molecule has 9 atom stereocenters. The van der Waals surface area contributed by atoms with Gasteiger partial charge in [0.1, 0.15) is 0 Å². The molecule has 0 aromatic carbocycles. The van der Waals surface area contributed by atoms with Crippen molar-refractivity contribution in [2.24, 2.45) is 51.8 Å². The van der Waals surface area contributed by atoms with E-state index in [1.807, 2.05) is 0 Å². The fraction of sp³-hybridized carbons (Fsp3) is 1.00. The van der Waals surface area contributed by atoms with Crippen LogP contribution in [0, 0.1) is 51.8 Å². The van der Waals surface area contributed by atoms with Crippen molar-refractivity contribution in [3.05, 3.63) is 0 Å². The standard InChI is InChI=1S/3C19H35O.Al/c3*1-3-5-12-17-13-9-15-19(17,14-6-4-2)18(20)16-10-7-8-11-16;/h3*16-18H,3-15H2,1-2H3;/q3*-1;+3. The second kappa shape index (κ2) is 26.1. The third-order valence-corrected chi connectivity index (χ3v) is 21.2. The molecule has 3 nitrogen and oxygen atoms in total. The van der Waals surface area contributed by atoms with E-state index in [1.165, 1.54) is 250 Å². The average molecular weight is 865 g/mol. The van der Waals surface area contributed by atoms with Gasteiger partial charge in [0, 0.05) is 18.3 Å². The highest BCUT2D eigenvalue weighted by Crippen LogP contribution is 2.60. The van der Waals surface area contributed by atoms with E-state index in [9.17, 15) is 0 Å². The van der Waals surface area contributed by atoms with E-state index >= 15 is 0 Å². The van der Waals surface area contributed by atoms with Crippen molar-refractivity contribution in [2.45, 2.75) is 310 Å². The van der Waals surface area contributed by atoms with Crippen molar-refractivity contribution in [2.75, 3.05) is 0 Å². The molecule has 0 saturated heterocycles. The molecule has 0 heterocycles. The minimum atomic E-state index is -2.64. The Labute approximate surface area is 386 Å². The lowest BCUT2D eigenvalue weighted by Gasteiger charge is -2.51. The number of hydrogen-bond donors (Lipinski definition) is 0. The summed E-state index contributed by atoms with van der Waals surface area (Å²) in [6.07, 6.45) is 54.8. The molecule has 0 aliphatic heterocycles. The predicted molar refractivity (Wildman–Crippen MR) is 263 cm³/mol. The van der Waals surface area contributed by atoms with Crippen LogP contribution in [0.1, 0.15) is 292 Å². The molecule has 0 amide bonds. The highest BCUT2D eigenvalue weighted by atomic mass is 27.3. The largest absolute Gasteiger partial charge is 0.906 e. The first-order valence-corrected chi connectivity index (χ1v) is 30.3. The minimum Gasteiger partial charge on any atom is -0.451 e. The van der Waals surface area contributed by atoms with E-state index in [0.717, 1.165) is 17.8 Å². The van der Waals surface area contributed by atoms with Gasteiger partial charge in [0.25, 0.3) is 0 Å². The van der Waals surface area contributed by atoms with Crippen molar-refractivity contribution in [3.63, 3.8) is 0 Å². The van der Waals surface area contributed by atoms with E-state index in [1.54, 1.807) is 0 Å². The maximum atomic E-state index is 8.45. The maximum Gasteiger partial charge on any atom is 0.906 e. The first-order chi connectivity index (χ1) is 29.9. The van der Waals surface area contributed by atoms with Gasteiger partial charge in [-0.2, -0.15) is 0 Å². The molecule has 61 heavy (non-hydrogen) atoms. The van der Waals surface area contributed by atoms with E-state index in [-0.39, 0.29) is 0 Å². The van der Waals surface area contributed by atoms with Crippen molar-refractivity contribution in [1.82, 2.24) is 0 Å². The molecule has 6 aliphatic carbocycles. The summed E-state index contributed by atoms with van der Waals surface area (Å²) in [5.74, 6) is 4.49. The topological polar surface area (TPSA) is 27.7 Å². The van der Waals surface area contributed by atoms with Crippen molar-refractivity contribution >= 4 is 15.1 Å². The van der Waals surface area contributed by atoms with Gasteiger partial charge < -0.3 is 11.4 Å². The van der Waals surface area contributed by atoms with Crippen LogP contribution in [0.3, 0.4) is 0 Å². The molecule has 0 aromatic rings. The predicted octanol–water partition coefficient (Wildman–Crippen LogP) is 18.2. The molecule has 0 N–H and O–H groups in total. The van der Waals surface area contributed by atoms with Crippen LogP contribution in [-0.2, 0) is 11.4 Å². The van der Waals surface area contributed by atoms with E-state index in [2.05, 4.69) is 41.5 Å². The SMILES string of the molecule is CCCCC1CCCC1(CCCC)C([O][Al]([O]C(C1CCCC1)C1(CCCC)CCCC1CCCC)[O]C(C1CCCC1)C1(CCCC)CCCC1CCCC)C1CCCC1. The monoisotopic (exact) mass is 865 g/mol. The Bertz CT molecular complexity index is 1030. The van der Waals surface area contributed by atoms with Crippen LogP contribution in [-0.4, -0.2) is 33.5 Å². The molecule has 0 bridgehead atoms. The lowest BCUT2D eigenvalue weighted by Crippen LogP contribution is -2.55. The Kier molecular flexibility index (Phi) is 21.7. The smallest absolute Gasteiger partial charge is 0.451 e. The first kappa shape index (κ1) is 50.8. The molecule has 6 aliphatic rings. The van der Waals surface area contributed by atoms with Gasteiger partial charge in [0.15, 0.2) is 0 Å². The number of hydrogen-bond acceptors (Lipinski definition) is 3. The summed E-state index contributed by atoms with van der Waals surface area (Å²) in [6.45, 7) is 14.7. The fourth-order valence-electron chi connectivity index (χ4n) is 16.6. The lowest BCUT2D eigenvalue weighted by atomic mass is 9.65. The molecule has 354 valence electrons. The highest BCUT2D eigenvalue weighted by molar-refractivity contribution is 6.36. The van der Waals surface area contributed by atoms with Gasteiger partial charge in [-0.1, -0.05) is 176 Å². The molecule has 6 rings (SSSR count). The first-order valence-electron chi connectivity index (χ1n) is 28.9. The van der Waals surface area contributed by atoms with Crippen LogP contribution < -0.4 is 0 Å². The summed E-state index contributed by atoms with van der Waals surface area (Å²) in [4.78, 5) is 0. The molecular weight excluding hydrogens is 760 g/mol. The molecule has 0 spiro atoms. The van der Waals surface area contributed by atoms with E-state index in [0.29, 0.717) is 52.3 Å². The number of rotatable bonds is 30. The summed E-state index contributed by atoms with van der Waals surface area (Å²) in [5.41, 5.74) is 0.910. The summed E-state index contributed by atoms with van der Waals surface area (Å²) in [6, 6.07) is 0. The van der Waals surface area contributed by atoms with Gasteiger partial charge in [0.2, 0.25) is 0 Å². The van der Waals surface area contributed by atoms with Crippen molar-refractivity contribution in [3.8, 4) is 0 Å². The number of unbranched alkanes of at least 4 members (excludes halogenated alkanes) is 6. The zero-order valence-corrected chi connectivity index (χ0v) is 43.2. The highest BCUT2D eigenvalue weighted by Gasteiger charge is 2.60. The normalized spacial score (nSPS) is 33.0. The molecule has 0 aromatic heterocycles. The second-order valence-corrected chi connectivity index (χ2v) is 24.7. The van der Waals surface area contributed by atoms with Gasteiger partial charge in [-0.3, -0.25) is 0 Å². The zero-order valence-electron chi connectivity index (χ0n) is 42.1. The molecule has 4 heteroatoms. The van der Waals surface area contributed by atoms with Crippen LogP contribution in [0.4, 0.5) is 0 Å².